The molecule has 1 aromatic rings. The fourth-order valence-corrected chi connectivity index (χ4v) is 3.31. The number of alkyl halides is 1. The fourth-order valence-electron chi connectivity index (χ4n) is 3.31. The molecule has 3 unspecified atom stereocenters. The number of guanidine groups is 1. The summed E-state index contributed by atoms with van der Waals surface area (Å²) >= 11 is 0. The van der Waals surface area contributed by atoms with Crippen molar-refractivity contribution >= 4 is 23.5 Å². The standard InChI is InChI=1S/C19H26FN5O4/c20-14-11-25(9-6-15(14)24-19-21-7-1-8-22-19)13-4-2-12(3-5-13)17(27)23-10-16(26)18(28)29/h2-5,14-16,26H,1,6-11H2,(H,23,27)(H,28,29)(H2,21,22,24). The number of nitrogens with zero attached hydrogens (tertiary/aromatic N) is 2. The topological polar surface area (TPSA) is 126 Å². The van der Waals surface area contributed by atoms with Gasteiger partial charge < -0.3 is 31.1 Å². The minimum atomic E-state index is -1.65. The van der Waals surface area contributed by atoms with Gasteiger partial charge in [-0.2, -0.15) is 0 Å². The number of aliphatic imine (C=N–C) groups is 1. The molecule has 2 aliphatic rings. The SMILES string of the molecule is O=C(NCC(O)C(=O)O)c1ccc(N2CCC(NC3=NCCCN3)C(F)C2)cc1. The lowest BCUT2D eigenvalue weighted by Crippen LogP contribution is -2.55. The quantitative estimate of drug-likeness (QED) is 0.439. The Labute approximate surface area is 168 Å². The molecule has 0 aliphatic carbocycles. The number of piperidine rings is 1. The molecule has 1 saturated heterocycles. The minimum absolute atomic E-state index is 0.237. The number of carbonyl (C=O) groups is 2. The van der Waals surface area contributed by atoms with Gasteiger partial charge in [0.05, 0.1) is 19.1 Å². The number of nitrogens with one attached hydrogen (secondary N) is 3. The van der Waals surface area contributed by atoms with Crippen LogP contribution in [-0.4, -0.2) is 79.1 Å². The highest BCUT2D eigenvalue weighted by Crippen LogP contribution is 2.22. The van der Waals surface area contributed by atoms with E-state index in [9.17, 15) is 19.1 Å². The maximum Gasteiger partial charge on any atom is 0.334 e. The number of hydrogen-bond donors (Lipinski definition) is 5. The van der Waals surface area contributed by atoms with E-state index in [0.29, 0.717) is 24.5 Å². The second-order valence-corrected chi connectivity index (χ2v) is 7.12. The molecule has 1 aromatic carbocycles. The molecule has 1 amide bonds. The van der Waals surface area contributed by atoms with E-state index >= 15 is 0 Å². The molecule has 2 aliphatic heterocycles. The molecule has 29 heavy (non-hydrogen) atoms. The fraction of sp³-hybridized carbons (Fsp3) is 0.526. The maximum atomic E-state index is 14.7. The van der Waals surface area contributed by atoms with Crippen LogP contribution in [0.25, 0.3) is 0 Å². The van der Waals surface area contributed by atoms with Gasteiger partial charge >= 0.3 is 5.97 Å². The predicted octanol–water partition coefficient (Wildman–Crippen LogP) is -0.282. The zero-order chi connectivity index (χ0) is 20.8. The summed E-state index contributed by atoms with van der Waals surface area (Å²) in [5.74, 6) is -1.21. The number of aliphatic carboxylic acids is 1. The van der Waals surface area contributed by atoms with E-state index in [-0.39, 0.29) is 19.1 Å². The molecule has 0 radical (unpaired) electrons. The average molecular weight is 407 g/mol. The molecule has 158 valence electrons. The van der Waals surface area contributed by atoms with Gasteiger partial charge in [0.25, 0.3) is 5.91 Å². The molecule has 5 N–H and O–H groups in total. The lowest BCUT2D eigenvalue weighted by molar-refractivity contribution is -0.146. The van der Waals surface area contributed by atoms with Gasteiger partial charge in [-0.1, -0.05) is 0 Å². The molecule has 0 saturated carbocycles. The number of benzene rings is 1. The van der Waals surface area contributed by atoms with Crippen molar-refractivity contribution in [2.75, 3.05) is 37.6 Å². The largest absolute Gasteiger partial charge is 0.479 e. The number of carboxylic acid groups (broad SMARTS) is 1. The van der Waals surface area contributed by atoms with Crippen molar-refractivity contribution in [2.45, 2.75) is 31.2 Å². The van der Waals surface area contributed by atoms with E-state index < -0.39 is 24.2 Å². The van der Waals surface area contributed by atoms with Crippen LogP contribution in [0.15, 0.2) is 29.3 Å². The van der Waals surface area contributed by atoms with Crippen molar-refractivity contribution < 1.29 is 24.2 Å². The average Bonchev–Trinajstić information content (AvgIpc) is 2.74. The zero-order valence-corrected chi connectivity index (χ0v) is 16.0. The molecule has 10 heteroatoms. The van der Waals surface area contributed by atoms with Crippen LogP contribution in [0.3, 0.4) is 0 Å². The maximum absolute atomic E-state index is 14.7. The molecule has 1 fully saturated rings. The van der Waals surface area contributed by atoms with Crippen molar-refractivity contribution in [1.29, 1.82) is 0 Å². The van der Waals surface area contributed by atoms with Crippen LogP contribution in [0.1, 0.15) is 23.2 Å². The number of halogens is 1. The van der Waals surface area contributed by atoms with Crippen LogP contribution >= 0.6 is 0 Å². The highest BCUT2D eigenvalue weighted by atomic mass is 19.1. The third kappa shape index (κ3) is 5.57. The first-order chi connectivity index (χ1) is 13.9. The van der Waals surface area contributed by atoms with E-state index in [2.05, 4.69) is 20.9 Å². The molecule has 0 spiro atoms. The van der Waals surface area contributed by atoms with Gasteiger partial charge in [-0.05, 0) is 37.1 Å². The first-order valence-corrected chi connectivity index (χ1v) is 9.67. The third-order valence-corrected chi connectivity index (χ3v) is 5.00. The van der Waals surface area contributed by atoms with E-state index in [1.54, 1.807) is 24.3 Å². The Morgan fingerprint density at radius 2 is 2.10 bits per heavy atom. The lowest BCUT2D eigenvalue weighted by Gasteiger charge is -2.37. The Bertz CT molecular complexity index is 757. The zero-order valence-electron chi connectivity index (χ0n) is 16.0. The Balaban J connectivity index is 1.52. The first kappa shape index (κ1) is 20.8. The van der Waals surface area contributed by atoms with E-state index in [1.807, 2.05) is 4.90 Å². The molecule has 3 rings (SSSR count). The van der Waals surface area contributed by atoms with Gasteiger partial charge in [0.15, 0.2) is 12.1 Å². The smallest absolute Gasteiger partial charge is 0.334 e. The number of aliphatic hydroxyl groups excluding tert-OH is 1. The number of amides is 1. The Hall–Kier alpha value is -2.88. The van der Waals surface area contributed by atoms with E-state index in [0.717, 1.165) is 25.2 Å². The molecular formula is C19H26FN5O4. The van der Waals surface area contributed by atoms with Gasteiger partial charge in [0, 0.05) is 30.9 Å². The van der Waals surface area contributed by atoms with Gasteiger partial charge in [0.1, 0.15) is 6.17 Å². The Morgan fingerprint density at radius 1 is 1.34 bits per heavy atom. The van der Waals surface area contributed by atoms with Gasteiger partial charge in [-0.25, -0.2) is 9.18 Å². The highest BCUT2D eigenvalue weighted by molar-refractivity contribution is 5.94. The summed E-state index contributed by atoms with van der Waals surface area (Å²) in [4.78, 5) is 28.9. The van der Waals surface area contributed by atoms with Gasteiger partial charge in [-0.3, -0.25) is 9.79 Å². The Kier molecular flexibility index (Phi) is 6.86. The van der Waals surface area contributed by atoms with Crippen molar-refractivity contribution in [2.24, 2.45) is 4.99 Å². The summed E-state index contributed by atoms with van der Waals surface area (Å²) < 4.78 is 14.7. The summed E-state index contributed by atoms with van der Waals surface area (Å²) in [5, 5.41) is 26.5. The molecule has 9 nitrogen and oxygen atoms in total. The molecule has 3 atom stereocenters. The lowest BCUT2D eigenvalue weighted by atomic mass is 10.0. The predicted molar refractivity (Wildman–Crippen MR) is 106 cm³/mol. The van der Waals surface area contributed by atoms with Crippen LogP contribution < -0.4 is 20.9 Å². The summed E-state index contributed by atoms with van der Waals surface area (Å²) in [6, 6.07) is 6.36. The van der Waals surface area contributed by atoms with Crippen LogP contribution in [0, 0.1) is 0 Å². The summed E-state index contributed by atoms with van der Waals surface area (Å²) in [5.41, 5.74) is 1.14. The van der Waals surface area contributed by atoms with Crippen LogP contribution in [0.5, 0.6) is 0 Å². The highest BCUT2D eigenvalue weighted by Gasteiger charge is 2.30. The van der Waals surface area contributed by atoms with Crippen molar-refractivity contribution in [3.63, 3.8) is 0 Å². The third-order valence-electron chi connectivity index (χ3n) is 5.00. The van der Waals surface area contributed by atoms with E-state index in [4.69, 9.17) is 5.11 Å². The Morgan fingerprint density at radius 3 is 2.72 bits per heavy atom. The van der Waals surface area contributed by atoms with Crippen molar-refractivity contribution in [1.82, 2.24) is 16.0 Å². The number of hydrogen-bond acceptors (Lipinski definition) is 7. The molecular weight excluding hydrogens is 381 g/mol. The number of aliphatic hydroxyl groups is 1. The van der Waals surface area contributed by atoms with Crippen molar-refractivity contribution in [3.8, 4) is 0 Å². The molecule has 0 bridgehead atoms. The summed E-state index contributed by atoms with van der Waals surface area (Å²) in [6.45, 7) is 2.13. The summed E-state index contributed by atoms with van der Waals surface area (Å²) in [7, 11) is 0. The number of carboxylic acids is 1. The second kappa shape index (κ2) is 9.55. The second-order valence-electron chi connectivity index (χ2n) is 7.12. The first-order valence-electron chi connectivity index (χ1n) is 9.67. The van der Waals surface area contributed by atoms with Crippen molar-refractivity contribution in [3.05, 3.63) is 29.8 Å². The number of carbonyl (C=O) groups excluding carboxylic acids is 1. The van der Waals surface area contributed by atoms with E-state index in [1.165, 1.54) is 0 Å². The molecule has 0 aromatic heterocycles. The normalized spacial score (nSPS) is 22.8. The van der Waals surface area contributed by atoms with Gasteiger partial charge in [-0.15, -0.1) is 0 Å². The van der Waals surface area contributed by atoms with Crippen LogP contribution in [0.4, 0.5) is 10.1 Å². The van der Waals surface area contributed by atoms with Crippen LogP contribution in [-0.2, 0) is 4.79 Å². The van der Waals surface area contributed by atoms with Gasteiger partial charge in [0.2, 0.25) is 0 Å². The number of rotatable bonds is 6. The number of anilines is 1. The summed E-state index contributed by atoms with van der Waals surface area (Å²) in [6.07, 6.45) is -1.10. The monoisotopic (exact) mass is 407 g/mol. The van der Waals surface area contributed by atoms with Crippen LogP contribution in [0.2, 0.25) is 0 Å². The minimum Gasteiger partial charge on any atom is -0.479 e. The molecule has 2 heterocycles.